The van der Waals surface area contributed by atoms with Crippen molar-refractivity contribution >= 4 is 53.2 Å². The molecule has 0 saturated carbocycles. The van der Waals surface area contributed by atoms with E-state index < -0.39 is 5.66 Å². The Labute approximate surface area is 167 Å². The van der Waals surface area contributed by atoms with Crippen LogP contribution < -0.4 is 21.1 Å². The fourth-order valence-corrected chi connectivity index (χ4v) is 2.93. The second-order valence-electron chi connectivity index (χ2n) is 5.94. The SMILES string of the molecule is CC1(C)N=C(N)N=C(N)N1c1ccc(Oc2ccc(Cl)cc2)c(Cl)c1.Cl. The van der Waals surface area contributed by atoms with Gasteiger partial charge in [0, 0.05) is 10.7 Å². The molecule has 26 heavy (non-hydrogen) atoms. The quantitative estimate of drug-likeness (QED) is 0.779. The summed E-state index contributed by atoms with van der Waals surface area (Å²) in [6, 6.07) is 12.4. The van der Waals surface area contributed by atoms with Gasteiger partial charge < -0.3 is 16.2 Å². The minimum Gasteiger partial charge on any atom is -0.456 e. The van der Waals surface area contributed by atoms with Gasteiger partial charge in [0.15, 0.2) is 0 Å². The predicted octanol–water partition coefficient (Wildman–Crippen LogP) is 4.39. The molecule has 0 saturated heterocycles. The van der Waals surface area contributed by atoms with Crippen molar-refractivity contribution in [3.05, 3.63) is 52.5 Å². The summed E-state index contributed by atoms with van der Waals surface area (Å²) >= 11 is 12.3. The van der Waals surface area contributed by atoms with Crippen LogP contribution in [0.1, 0.15) is 13.8 Å². The molecule has 0 amide bonds. The van der Waals surface area contributed by atoms with Crippen molar-refractivity contribution < 1.29 is 4.74 Å². The third kappa shape index (κ3) is 4.15. The predicted molar refractivity (Wildman–Crippen MR) is 110 cm³/mol. The van der Waals surface area contributed by atoms with Gasteiger partial charge in [-0.1, -0.05) is 23.2 Å². The van der Waals surface area contributed by atoms with E-state index in [0.29, 0.717) is 21.5 Å². The summed E-state index contributed by atoms with van der Waals surface area (Å²) < 4.78 is 5.78. The summed E-state index contributed by atoms with van der Waals surface area (Å²) in [7, 11) is 0. The van der Waals surface area contributed by atoms with Gasteiger partial charge in [-0.05, 0) is 56.3 Å². The lowest BCUT2D eigenvalue weighted by Crippen LogP contribution is -2.54. The fourth-order valence-electron chi connectivity index (χ4n) is 2.59. The number of nitrogens with zero attached hydrogens (tertiary/aromatic N) is 3. The van der Waals surface area contributed by atoms with E-state index in [-0.39, 0.29) is 24.3 Å². The van der Waals surface area contributed by atoms with Crippen LogP contribution in [0.3, 0.4) is 0 Å². The molecule has 0 spiro atoms. The van der Waals surface area contributed by atoms with Crippen molar-refractivity contribution in [2.45, 2.75) is 19.5 Å². The third-order valence-corrected chi connectivity index (χ3v) is 4.16. The number of halogens is 3. The Balaban J connectivity index is 0.00000243. The first kappa shape index (κ1) is 20.2. The summed E-state index contributed by atoms with van der Waals surface area (Å²) in [5.74, 6) is 1.55. The van der Waals surface area contributed by atoms with Crippen LogP contribution in [-0.2, 0) is 0 Å². The summed E-state index contributed by atoms with van der Waals surface area (Å²) in [6.45, 7) is 3.76. The topological polar surface area (TPSA) is 89.2 Å². The molecule has 0 aliphatic carbocycles. The molecule has 6 nitrogen and oxygen atoms in total. The van der Waals surface area contributed by atoms with Crippen molar-refractivity contribution in [3.63, 3.8) is 0 Å². The number of anilines is 1. The van der Waals surface area contributed by atoms with Gasteiger partial charge in [0.2, 0.25) is 11.9 Å². The summed E-state index contributed by atoms with van der Waals surface area (Å²) in [6.07, 6.45) is 0. The maximum Gasteiger partial charge on any atom is 0.220 e. The van der Waals surface area contributed by atoms with E-state index in [1.807, 2.05) is 19.9 Å². The molecule has 1 aliphatic rings. The highest BCUT2D eigenvalue weighted by Crippen LogP contribution is 2.36. The van der Waals surface area contributed by atoms with E-state index in [0.717, 1.165) is 5.69 Å². The van der Waals surface area contributed by atoms with Crippen LogP contribution in [0.4, 0.5) is 5.69 Å². The highest BCUT2D eigenvalue weighted by Gasteiger charge is 2.33. The smallest absolute Gasteiger partial charge is 0.220 e. The molecule has 0 unspecified atom stereocenters. The molecule has 1 heterocycles. The van der Waals surface area contributed by atoms with Crippen LogP contribution in [0.2, 0.25) is 10.0 Å². The average Bonchev–Trinajstić information content (AvgIpc) is 2.50. The number of hydrogen-bond acceptors (Lipinski definition) is 6. The number of aliphatic imine (C=N–C) groups is 2. The molecule has 0 atom stereocenters. The second-order valence-corrected chi connectivity index (χ2v) is 6.78. The number of benzene rings is 2. The van der Waals surface area contributed by atoms with E-state index in [9.17, 15) is 0 Å². The average molecular weight is 415 g/mol. The van der Waals surface area contributed by atoms with Gasteiger partial charge in [0.25, 0.3) is 0 Å². The molecule has 0 aromatic heterocycles. The lowest BCUT2D eigenvalue weighted by Gasteiger charge is -2.38. The molecular weight excluding hydrogens is 397 g/mol. The van der Waals surface area contributed by atoms with Crippen LogP contribution in [0.15, 0.2) is 52.4 Å². The highest BCUT2D eigenvalue weighted by molar-refractivity contribution is 6.32. The standard InChI is InChI=1S/C17H17Cl2N5O.ClH/c1-17(2)23-15(20)22-16(21)24(17)11-5-8-14(13(19)9-11)25-12-6-3-10(18)4-7-12;/h3-9H,1-2H3,(H4,20,21,22,23);1H. The van der Waals surface area contributed by atoms with Gasteiger partial charge in [-0.3, -0.25) is 4.90 Å². The second kappa shape index (κ2) is 7.61. The van der Waals surface area contributed by atoms with Crippen molar-refractivity contribution in [2.24, 2.45) is 21.5 Å². The Morgan fingerprint density at radius 3 is 2.27 bits per heavy atom. The van der Waals surface area contributed by atoms with Crippen molar-refractivity contribution in [1.82, 2.24) is 0 Å². The number of guanidine groups is 2. The van der Waals surface area contributed by atoms with Gasteiger partial charge in [-0.2, -0.15) is 4.99 Å². The minimum absolute atomic E-state index is 0. The van der Waals surface area contributed by atoms with Crippen LogP contribution in [0, 0.1) is 0 Å². The van der Waals surface area contributed by atoms with Gasteiger partial charge in [-0.25, -0.2) is 4.99 Å². The lowest BCUT2D eigenvalue weighted by molar-refractivity contribution is 0.482. The zero-order valence-corrected chi connectivity index (χ0v) is 16.4. The molecule has 0 fully saturated rings. The minimum atomic E-state index is -0.683. The molecule has 0 bridgehead atoms. The monoisotopic (exact) mass is 413 g/mol. The van der Waals surface area contributed by atoms with Gasteiger partial charge in [0.1, 0.15) is 17.2 Å². The van der Waals surface area contributed by atoms with E-state index >= 15 is 0 Å². The van der Waals surface area contributed by atoms with Crippen LogP contribution >= 0.6 is 35.6 Å². The molecular formula is C17H18Cl3N5O. The van der Waals surface area contributed by atoms with E-state index in [4.69, 9.17) is 39.4 Å². The van der Waals surface area contributed by atoms with Crippen molar-refractivity contribution in [2.75, 3.05) is 4.90 Å². The molecule has 4 N–H and O–H groups in total. The van der Waals surface area contributed by atoms with Crippen LogP contribution in [-0.4, -0.2) is 17.6 Å². The first-order chi connectivity index (χ1) is 11.8. The summed E-state index contributed by atoms with van der Waals surface area (Å²) in [5, 5.41) is 1.06. The van der Waals surface area contributed by atoms with Gasteiger partial charge >= 0.3 is 0 Å². The maximum absolute atomic E-state index is 6.38. The zero-order valence-electron chi connectivity index (χ0n) is 14.1. The van der Waals surface area contributed by atoms with Crippen LogP contribution in [0.5, 0.6) is 11.5 Å². The Bertz CT molecular complexity index is 865. The molecule has 2 aromatic rings. The highest BCUT2D eigenvalue weighted by atomic mass is 35.5. The first-order valence-corrected chi connectivity index (χ1v) is 8.24. The molecule has 2 aromatic carbocycles. The van der Waals surface area contributed by atoms with E-state index in [1.165, 1.54) is 0 Å². The Kier molecular flexibility index (Phi) is 5.91. The number of nitrogens with two attached hydrogens (primary N) is 2. The molecule has 138 valence electrons. The van der Waals surface area contributed by atoms with Crippen LogP contribution in [0.25, 0.3) is 0 Å². The Morgan fingerprint density at radius 1 is 1.04 bits per heavy atom. The number of rotatable bonds is 3. The fraction of sp³-hybridized carbons (Fsp3) is 0.176. The van der Waals surface area contributed by atoms with Crippen molar-refractivity contribution in [1.29, 1.82) is 0 Å². The molecule has 1 aliphatic heterocycles. The largest absolute Gasteiger partial charge is 0.456 e. The lowest BCUT2D eigenvalue weighted by atomic mass is 10.1. The Hall–Kier alpha value is -2.15. The number of ether oxygens (including phenoxy) is 1. The normalized spacial score (nSPS) is 15.6. The molecule has 9 heteroatoms. The summed E-state index contributed by atoms with van der Waals surface area (Å²) in [5.41, 5.74) is 11.8. The van der Waals surface area contributed by atoms with E-state index in [1.54, 1.807) is 41.3 Å². The molecule has 0 radical (unpaired) electrons. The Morgan fingerprint density at radius 2 is 1.69 bits per heavy atom. The zero-order chi connectivity index (χ0) is 18.2. The molecule has 3 rings (SSSR count). The summed E-state index contributed by atoms with van der Waals surface area (Å²) in [4.78, 5) is 10.1. The maximum atomic E-state index is 6.38. The first-order valence-electron chi connectivity index (χ1n) is 7.49. The van der Waals surface area contributed by atoms with Gasteiger partial charge in [-0.15, -0.1) is 12.4 Å². The van der Waals surface area contributed by atoms with E-state index in [2.05, 4.69) is 9.98 Å². The third-order valence-electron chi connectivity index (χ3n) is 3.61. The number of hydrogen-bond donors (Lipinski definition) is 2. The van der Waals surface area contributed by atoms with Gasteiger partial charge in [0.05, 0.1) is 5.02 Å². The van der Waals surface area contributed by atoms with Crippen molar-refractivity contribution in [3.8, 4) is 11.5 Å².